The van der Waals surface area contributed by atoms with Crippen LogP contribution in [0.4, 0.5) is 5.69 Å². The smallest absolute Gasteiger partial charge is 0.0642 e. The number of anilines is 1. The molecule has 1 heterocycles. The lowest BCUT2D eigenvalue weighted by molar-refractivity contribution is 0.139. The van der Waals surface area contributed by atoms with Gasteiger partial charge in [-0.1, -0.05) is 37.6 Å². The molecule has 0 amide bonds. The van der Waals surface area contributed by atoms with Crippen LogP contribution < -0.4 is 10.2 Å². The Morgan fingerprint density at radius 1 is 1.33 bits per heavy atom. The average molecular weight is 311 g/mol. The summed E-state index contributed by atoms with van der Waals surface area (Å²) in [5.41, 5.74) is 2.50. The summed E-state index contributed by atoms with van der Waals surface area (Å²) >= 11 is 6.48. The van der Waals surface area contributed by atoms with Gasteiger partial charge in [-0.15, -0.1) is 0 Å². The first-order valence-corrected chi connectivity index (χ1v) is 8.24. The van der Waals surface area contributed by atoms with Crippen LogP contribution in [0.2, 0.25) is 5.02 Å². The van der Waals surface area contributed by atoms with Crippen LogP contribution in [0, 0.1) is 5.92 Å². The molecule has 0 saturated carbocycles. The molecule has 118 valence electrons. The summed E-state index contributed by atoms with van der Waals surface area (Å²) in [7, 11) is 1.79. The van der Waals surface area contributed by atoms with Gasteiger partial charge in [0.25, 0.3) is 0 Å². The predicted octanol–water partition coefficient (Wildman–Crippen LogP) is 3.70. The van der Waals surface area contributed by atoms with E-state index in [-0.39, 0.29) is 0 Å². The van der Waals surface area contributed by atoms with E-state index in [0.717, 1.165) is 31.3 Å². The molecule has 4 heteroatoms. The Morgan fingerprint density at radius 2 is 2.05 bits per heavy atom. The van der Waals surface area contributed by atoms with Crippen molar-refractivity contribution in [1.82, 2.24) is 5.32 Å². The molecule has 1 aliphatic rings. The molecular weight excluding hydrogens is 284 g/mol. The SMILES string of the molecule is COCC1CCN(c2c(Cl)cccc2CNC(C)C)CC1. The monoisotopic (exact) mass is 310 g/mol. The van der Waals surface area contributed by atoms with Gasteiger partial charge in [-0.05, 0) is 30.4 Å². The predicted molar refractivity (Wildman–Crippen MR) is 90.2 cm³/mol. The van der Waals surface area contributed by atoms with Crippen molar-refractivity contribution in [3.05, 3.63) is 28.8 Å². The second-order valence-electron chi connectivity index (χ2n) is 6.17. The number of rotatable bonds is 6. The second kappa shape index (κ2) is 8.02. The van der Waals surface area contributed by atoms with Crippen LogP contribution >= 0.6 is 11.6 Å². The number of hydrogen-bond donors (Lipinski definition) is 1. The Balaban J connectivity index is 2.08. The van der Waals surface area contributed by atoms with Crippen molar-refractivity contribution >= 4 is 17.3 Å². The van der Waals surface area contributed by atoms with Crippen molar-refractivity contribution in [2.75, 3.05) is 31.7 Å². The highest BCUT2D eigenvalue weighted by atomic mass is 35.5. The van der Waals surface area contributed by atoms with E-state index < -0.39 is 0 Å². The number of halogens is 1. The van der Waals surface area contributed by atoms with Crippen LogP contribution in [0.1, 0.15) is 32.3 Å². The molecule has 2 rings (SSSR count). The van der Waals surface area contributed by atoms with E-state index in [0.29, 0.717) is 12.0 Å². The van der Waals surface area contributed by atoms with E-state index >= 15 is 0 Å². The number of benzene rings is 1. The molecule has 0 atom stereocenters. The molecule has 0 unspecified atom stereocenters. The zero-order valence-corrected chi connectivity index (χ0v) is 14.1. The molecule has 1 N–H and O–H groups in total. The standard InChI is InChI=1S/C17H27ClN2O/c1-13(2)19-11-15-5-4-6-16(18)17(15)20-9-7-14(8-10-20)12-21-3/h4-6,13-14,19H,7-12H2,1-3H3. The van der Waals surface area contributed by atoms with Gasteiger partial charge in [0.1, 0.15) is 0 Å². The van der Waals surface area contributed by atoms with Crippen LogP contribution in [-0.4, -0.2) is 32.8 Å². The Morgan fingerprint density at radius 3 is 2.67 bits per heavy atom. The summed E-state index contributed by atoms with van der Waals surface area (Å²) in [4.78, 5) is 2.44. The third kappa shape index (κ3) is 4.60. The zero-order valence-electron chi connectivity index (χ0n) is 13.4. The van der Waals surface area contributed by atoms with Gasteiger partial charge >= 0.3 is 0 Å². The summed E-state index contributed by atoms with van der Waals surface area (Å²) in [6.45, 7) is 8.20. The van der Waals surface area contributed by atoms with Crippen LogP contribution in [0.25, 0.3) is 0 Å². The van der Waals surface area contributed by atoms with Crippen molar-refractivity contribution in [3.8, 4) is 0 Å². The number of hydrogen-bond acceptors (Lipinski definition) is 3. The first kappa shape index (κ1) is 16.6. The highest BCUT2D eigenvalue weighted by molar-refractivity contribution is 6.33. The molecule has 0 spiro atoms. The molecule has 0 bridgehead atoms. The first-order chi connectivity index (χ1) is 10.1. The molecule has 0 aromatic heterocycles. The Hall–Kier alpha value is -0.770. The first-order valence-electron chi connectivity index (χ1n) is 7.86. The fraction of sp³-hybridized carbons (Fsp3) is 0.647. The molecule has 1 aromatic rings. The van der Waals surface area contributed by atoms with Crippen molar-refractivity contribution in [2.45, 2.75) is 39.3 Å². The summed E-state index contributed by atoms with van der Waals surface area (Å²) in [6, 6.07) is 6.69. The minimum atomic E-state index is 0.476. The fourth-order valence-corrected chi connectivity index (χ4v) is 3.24. The second-order valence-corrected chi connectivity index (χ2v) is 6.58. The summed E-state index contributed by atoms with van der Waals surface area (Å²) in [5.74, 6) is 0.686. The lowest BCUT2D eigenvalue weighted by atomic mass is 9.96. The molecule has 1 aliphatic heterocycles. The Kier molecular flexibility index (Phi) is 6.34. The van der Waals surface area contributed by atoms with E-state index in [1.165, 1.54) is 24.1 Å². The largest absolute Gasteiger partial charge is 0.384 e. The van der Waals surface area contributed by atoms with Gasteiger partial charge in [-0.25, -0.2) is 0 Å². The number of para-hydroxylation sites is 1. The lowest BCUT2D eigenvalue weighted by Crippen LogP contribution is -2.36. The van der Waals surface area contributed by atoms with E-state index in [9.17, 15) is 0 Å². The quantitative estimate of drug-likeness (QED) is 0.867. The maximum Gasteiger partial charge on any atom is 0.0642 e. The Labute approximate surface area is 133 Å². The number of nitrogens with one attached hydrogen (secondary N) is 1. The summed E-state index contributed by atoms with van der Waals surface area (Å²) in [6.07, 6.45) is 2.35. The lowest BCUT2D eigenvalue weighted by Gasteiger charge is -2.35. The highest BCUT2D eigenvalue weighted by Crippen LogP contribution is 2.33. The van der Waals surface area contributed by atoms with Gasteiger partial charge in [0.05, 0.1) is 10.7 Å². The molecule has 3 nitrogen and oxygen atoms in total. The van der Waals surface area contributed by atoms with Crippen LogP contribution in [-0.2, 0) is 11.3 Å². The third-order valence-corrected chi connectivity index (χ3v) is 4.41. The van der Waals surface area contributed by atoms with E-state index in [2.05, 4.69) is 30.1 Å². The molecule has 1 aromatic carbocycles. The number of nitrogens with zero attached hydrogens (tertiary/aromatic N) is 1. The number of piperidine rings is 1. The molecule has 0 aliphatic carbocycles. The zero-order chi connectivity index (χ0) is 15.2. The van der Waals surface area contributed by atoms with Crippen molar-refractivity contribution in [3.63, 3.8) is 0 Å². The van der Waals surface area contributed by atoms with Crippen molar-refractivity contribution in [2.24, 2.45) is 5.92 Å². The van der Waals surface area contributed by atoms with Crippen LogP contribution in [0.5, 0.6) is 0 Å². The number of methoxy groups -OCH3 is 1. The molecule has 0 radical (unpaired) electrons. The maximum absolute atomic E-state index is 6.48. The van der Waals surface area contributed by atoms with E-state index in [1.54, 1.807) is 7.11 Å². The summed E-state index contributed by atoms with van der Waals surface area (Å²) in [5, 5.41) is 4.36. The van der Waals surface area contributed by atoms with Gasteiger partial charge in [0.15, 0.2) is 0 Å². The summed E-state index contributed by atoms with van der Waals surface area (Å²) < 4.78 is 5.28. The topological polar surface area (TPSA) is 24.5 Å². The normalized spacial score (nSPS) is 16.7. The van der Waals surface area contributed by atoms with Crippen molar-refractivity contribution in [1.29, 1.82) is 0 Å². The number of ether oxygens (including phenoxy) is 1. The maximum atomic E-state index is 6.48. The van der Waals surface area contributed by atoms with E-state index in [4.69, 9.17) is 16.3 Å². The van der Waals surface area contributed by atoms with Crippen LogP contribution in [0.3, 0.4) is 0 Å². The van der Waals surface area contributed by atoms with Gasteiger partial charge in [0.2, 0.25) is 0 Å². The highest BCUT2D eigenvalue weighted by Gasteiger charge is 2.22. The van der Waals surface area contributed by atoms with Crippen LogP contribution in [0.15, 0.2) is 18.2 Å². The van der Waals surface area contributed by atoms with Gasteiger partial charge < -0.3 is 15.0 Å². The van der Waals surface area contributed by atoms with E-state index in [1.807, 2.05) is 12.1 Å². The van der Waals surface area contributed by atoms with Crippen molar-refractivity contribution < 1.29 is 4.74 Å². The average Bonchev–Trinajstić information content (AvgIpc) is 2.46. The van der Waals surface area contributed by atoms with Gasteiger partial charge in [-0.3, -0.25) is 0 Å². The third-order valence-electron chi connectivity index (χ3n) is 4.10. The minimum Gasteiger partial charge on any atom is -0.384 e. The molecular formula is C17H27ClN2O. The van der Waals surface area contributed by atoms with Gasteiger partial charge in [0, 0.05) is 39.4 Å². The molecule has 21 heavy (non-hydrogen) atoms. The van der Waals surface area contributed by atoms with Gasteiger partial charge in [-0.2, -0.15) is 0 Å². The fourth-order valence-electron chi connectivity index (χ4n) is 2.93. The Bertz CT molecular complexity index is 442. The molecule has 1 saturated heterocycles. The minimum absolute atomic E-state index is 0.476. The molecule has 1 fully saturated rings.